The lowest BCUT2D eigenvalue weighted by Crippen LogP contribution is -2.44. The van der Waals surface area contributed by atoms with Gasteiger partial charge in [-0.2, -0.15) is 0 Å². The molecule has 1 amide bonds. The van der Waals surface area contributed by atoms with Gasteiger partial charge in [-0.1, -0.05) is 0 Å². The summed E-state index contributed by atoms with van der Waals surface area (Å²) in [6, 6.07) is 3.17. The molecule has 1 atom stereocenters. The molecule has 0 aromatic carbocycles. The first-order valence-corrected chi connectivity index (χ1v) is 8.47. The maximum Gasteiger partial charge on any atom is 0.273 e. The third kappa shape index (κ3) is 3.74. The molecule has 0 bridgehead atoms. The zero-order valence-electron chi connectivity index (χ0n) is 14.5. The molecule has 1 aliphatic heterocycles. The summed E-state index contributed by atoms with van der Waals surface area (Å²) in [5, 5.41) is 0. The van der Waals surface area contributed by atoms with Gasteiger partial charge in [0.25, 0.3) is 5.91 Å². The van der Waals surface area contributed by atoms with Crippen molar-refractivity contribution in [3.63, 3.8) is 0 Å². The van der Waals surface area contributed by atoms with Gasteiger partial charge in [-0.05, 0) is 26.0 Å². The zero-order chi connectivity index (χ0) is 17.6. The van der Waals surface area contributed by atoms with Crippen molar-refractivity contribution in [3.8, 4) is 0 Å². The lowest BCUT2D eigenvalue weighted by molar-refractivity contribution is -0.00551. The average Bonchev–Trinajstić information content (AvgIpc) is 2.69. The zero-order valence-corrected chi connectivity index (χ0v) is 14.5. The van der Waals surface area contributed by atoms with E-state index in [1.165, 1.54) is 6.33 Å². The van der Waals surface area contributed by atoms with Gasteiger partial charge in [0.15, 0.2) is 5.82 Å². The van der Waals surface area contributed by atoms with Crippen LogP contribution in [0.1, 0.15) is 36.2 Å². The minimum atomic E-state index is -0.327. The molecule has 0 saturated carbocycles. The number of carbonyl (C=O) groups excluding carboxylic acids is 1. The van der Waals surface area contributed by atoms with Gasteiger partial charge < -0.3 is 14.5 Å². The van der Waals surface area contributed by atoms with Gasteiger partial charge >= 0.3 is 0 Å². The van der Waals surface area contributed by atoms with E-state index in [0.717, 1.165) is 18.9 Å². The fourth-order valence-corrected chi connectivity index (χ4v) is 2.87. The van der Waals surface area contributed by atoms with Gasteiger partial charge in [-0.25, -0.2) is 19.9 Å². The van der Waals surface area contributed by atoms with E-state index < -0.39 is 0 Å². The van der Waals surface area contributed by atoms with Crippen molar-refractivity contribution in [2.24, 2.45) is 0 Å². The molecule has 1 fully saturated rings. The third-order valence-corrected chi connectivity index (χ3v) is 4.24. The summed E-state index contributed by atoms with van der Waals surface area (Å²) in [7, 11) is 0. The second-order valence-corrected chi connectivity index (χ2v) is 5.63. The van der Waals surface area contributed by atoms with Crippen molar-refractivity contribution in [3.05, 3.63) is 42.4 Å². The standard InChI is InChI=1S/C17H22N6O2/c1-3-22(4-2)15-6-8-19-16(21-15)14-11-25-10-9-23(14)17(24)13-5-7-18-12-20-13/h5-8,12,14H,3-4,9-11H2,1-2H3. The Kier molecular flexibility index (Phi) is 5.49. The Hall–Kier alpha value is -2.61. The Bertz CT molecular complexity index is 707. The lowest BCUT2D eigenvalue weighted by Gasteiger charge is -2.34. The fourth-order valence-electron chi connectivity index (χ4n) is 2.87. The molecule has 0 aliphatic carbocycles. The van der Waals surface area contributed by atoms with Gasteiger partial charge in [0, 0.05) is 32.0 Å². The maximum atomic E-state index is 12.8. The van der Waals surface area contributed by atoms with Crippen molar-refractivity contribution >= 4 is 11.7 Å². The lowest BCUT2D eigenvalue weighted by atomic mass is 10.2. The molecule has 25 heavy (non-hydrogen) atoms. The van der Waals surface area contributed by atoms with Crippen molar-refractivity contribution in [2.45, 2.75) is 19.9 Å². The van der Waals surface area contributed by atoms with E-state index in [9.17, 15) is 4.79 Å². The maximum absolute atomic E-state index is 12.8. The number of amides is 1. The van der Waals surface area contributed by atoms with Crippen molar-refractivity contribution in [2.75, 3.05) is 37.7 Å². The summed E-state index contributed by atoms with van der Waals surface area (Å²) in [6.45, 7) is 7.23. The molecule has 0 spiro atoms. The molecule has 0 N–H and O–H groups in total. The van der Waals surface area contributed by atoms with Gasteiger partial charge in [0.2, 0.25) is 0 Å². The molecule has 0 radical (unpaired) electrons. The van der Waals surface area contributed by atoms with Crippen LogP contribution in [0.2, 0.25) is 0 Å². The van der Waals surface area contributed by atoms with E-state index in [2.05, 4.69) is 38.7 Å². The second-order valence-electron chi connectivity index (χ2n) is 5.63. The van der Waals surface area contributed by atoms with Crippen LogP contribution in [-0.2, 0) is 4.74 Å². The summed E-state index contributed by atoms with van der Waals surface area (Å²) >= 11 is 0. The van der Waals surface area contributed by atoms with Gasteiger partial charge in [-0.15, -0.1) is 0 Å². The van der Waals surface area contributed by atoms with Crippen LogP contribution in [0.25, 0.3) is 0 Å². The Morgan fingerprint density at radius 3 is 2.84 bits per heavy atom. The highest BCUT2D eigenvalue weighted by Crippen LogP contribution is 2.24. The molecule has 1 saturated heterocycles. The van der Waals surface area contributed by atoms with Crippen molar-refractivity contribution < 1.29 is 9.53 Å². The van der Waals surface area contributed by atoms with E-state index in [1.54, 1.807) is 23.4 Å². The van der Waals surface area contributed by atoms with E-state index in [4.69, 9.17) is 4.74 Å². The quantitative estimate of drug-likeness (QED) is 0.810. The topological polar surface area (TPSA) is 84.3 Å². The minimum Gasteiger partial charge on any atom is -0.377 e. The number of aromatic nitrogens is 4. The Labute approximate surface area is 146 Å². The van der Waals surface area contributed by atoms with Crippen LogP contribution in [0.15, 0.2) is 30.9 Å². The van der Waals surface area contributed by atoms with Crippen LogP contribution in [0, 0.1) is 0 Å². The summed E-state index contributed by atoms with van der Waals surface area (Å²) in [5.74, 6) is 1.29. The number of carbonyl (C=O) groups is 1. The molecular weight excluding hydrogens is 320 g/mol. The highest BCUT2D eigenvalue weighted by molar-refractivity contribution is 5.92. The van der Waals surface area contributed by atoms with Crippen LogP contribution in [-0.4, -0.2) is 63.6 Å². The van der Waals surface area contributed by atoms with Crippen LogP contribution in [0.3, 0.4) is 0 Å². The average molecular weight is 342 g/mol. The van der Waals surface area contributed by atoms with Gasteiger partial charge in [0.05, 0.1) is 13.2 Å². The predicted molar refractivity (Wildman–Crippen MR) is 92.2 cm³/mol. The predicted octanol–water partition coefficient (Wildman–Crippen LogP) is 1.33. The van der Waals surface area contributed by atoms with E-state index in [0.29, 0.717) is 31.3 Å². The van der Waals surface area contributed by atoms with E-state index in [-0.39, 0.29) is 11.9 Å². The summed E-state index contributed by atoms with van der Waals surface area (Å²) < 4.78 is 5.59. The number of rotatable bonds is 5. The SMILES string of the molecule is CCN(CC)c1ccnc(C2COCCN2C(=O)c2ccncn2)n1. The molecule has 8 nitrogen and oxygen atoms in total. The van der Waals surface area contributed by atoms with Crippen molar-refractivity contribution in [1.82, 2.24) is 24.8 Å². The molecular formula is C17H22N6O2. The molecule has 2 aromatic rings. The number of anilines is 1. The highest BCUT2D eigenvalue weighted by atomic mass is 16.5. The van der Waals surface area contributed by atoms with Gasteiger partial charge in [0.1, 0.15) is 23.9 Å². The molecule has 1 unspecified atom stereocenters. The minimum absolute atomic E-state index is 0.160. The smallest absolute Gasteiger partial charge is 0.273 e. The monoisotopic (exact) mass is 342 g/mol. The fraction of sp³-hybridized carbons (Fsp3) is 0.471. The van der Waals surface area contributed by atoms with E-state index >= 15 is 0 Å². The Morgan fingerprint density at radius 2 is 2.12 bits per heavy atom. The van der Waals surface area contributed by atoms with Crippen LogP contribution < -0.4 is 4.90 Å². The van der Waals surface area contributed by atoms with Crippen LogP contribution >= 0.6 is 0 Å². The summed E-state index contributed by atoms with van der Waals surface area (Å²) in [6.07, 6.45) is 4.67. The Balaban J connectivity index is 1.89. The number of hydrogen-bond acceptors (Lipinski definition) is 7. The van der Waals surface area contributed by atoms with Crippen LogP contribution in [0.4, 0.5) is 5.82 Å². The number of ether oxygens (including phenoxy) is 1. The van der Waals surface area contributed by atoms with Gasteiger partial charge in [-0.3, -0.25) is 4.79 Å². The number of nitrogens with zero attached hydrogens (tertiary/aromatic N) is 6. The first-order chi connectivity index (χ1) is 12.2. The summed E-state index contributed by atoms with van der Waals surface area (Å²) in [4.78, 5) is 33.7. The molecule has 2 aromatic heterocycles. The van der Waals surface area contributed by atoms with E-state index in [1.807, 2.05) is 6.07 Å². The number of hydrogen-bond donors (Lipinski definition) is 0. The first-order valence-electron chi connectivity index (χ1n) is 8.47. The Morgan fingerprint density at radius 1 is 1.28 bits per heavy atom. The molecule has 3 rings (SSSR count). The largest absolute Gasteiger partial charge is 0.377 e. The molecule has 132 valence electrons. The summed E-state index contributed by atoms with van der Waals surface area (Å²) in [5.41, 5.74) is 0.363. The molecule has 1 aliphatic rings. The van der Waals surface area contributed by atoms with Crippen LogP contribution in [0.5, 0.6) is 0 Å². The molecule has 3 heterocycles. The molecule has 8 heteroatoms. The number of morpholine rings is 1. The third-order valence-electron chi connectivity index (χ3n) is 4.24. The highest BCUT2D eigenvalue weighted by Gasteiger charge is 2.32. The second kappa shape index (κ2) is 7.98. The van der Waals surface area contributed by atoms with Crippen molar-refractivity contribution in [1.29, 1.82) is 0 Å². The first kappa shape index (κ1) is 17.2. The normalized spacial score (nSPS) is 17.4.